The largest absolute Gasteiger partial charge is 0.423 e. The van der Waals surface area contributed by atoms with Crippen LogP contribution in [0.1, 0.15) is 5.56 Å². The van der Waals surface area contributed by atoms with Crippen LogP contribution in [0.25, 0.3) is 5.95 Å². The lowest BCUT2D eigenvalue weighted by atomic mass is 10.2. The fourth-order valence-electron chi connectivity index (χ4n) is 1.53. The van der Waals surface area contributed by atoms with E-state index < -0.39 is 0 Å². The van der Waals surface area contributed by atoms with Crippen LogP contribution in [0.3, 0.4) is 0 Å². The zero-order valence-corrected chi connectivity index (χ0v) is 11.1. The van der Waals surface area contributed by atoms with Crippen LogP contribution in [0.15, 0.2) is 36.9 Å². The molecule has 9 heteroatoms. The van der Waals surface area contributed by atoms with Crippen molar-refractivity contribution in [3.05, 3.63) is 47.8 Å². The monoisotopic (exact) mass is 299 g/mol. The van der Waals surface area contributed by atoms with Gasteiger partial charge in [0, 0.05) is 0 Å². The number of aromatic nitrogens is 6. The molecule has 0 bridgehead atoms. The predicted octanol–water partition coefficient (Wildman–Crippen LogP) is 1.77. The summed E-state index contributed by atoms with van der Waals surface area (Å²) in [6, 6.07) is 8.69. The Hall–Kier alpha value is -3.05. The third kappa shape index (κ3) is 2.77. The topological polar surface area (TPSA) is 102 Å². The molecule has 0 spiro atoms. The summed E-state index contributed by atoms with van der Waals surface area (Å²) in [6.45, 7) is 0. The normalized spacial score (nSPS) is 10.1. The fraction of sp³-hybridized carbons (Fsp3) is 0. The van der Waals surface area contributed by atoms with Crippen LogP contribution in [-0.2, 0) is 0 Å². The first-order valence-corrected chi connectivity index (χ1v) is 6.07. The van der Waals surface area contributed by atoms with Gasteiger partial charge in [-0.3, -0.25) is 0 Å². The maximum Gasteiger partial charge on any atom is 0.328 e. The van der Waals surface area contributed by atoms with Crippen LogP contribution in [0.5, 0.6) is 11.8 Å². The number of nitrogens with zero attached hydrogens (tertiary/aromatic N) is 7. The van der Waals surface area contributed by atoms with Crippen molar-refractivity contribution in [3.8, 4) is 23.8 Å². The van der Waals surface area contributed by atoms with Gasteiger partial charge in [0.05, 0.1) is 5.56 Å². The molecule has 1 aromatic carbocycles. The van der Waals surface area contributed by atoms with Gasteiger partial charge in [-0.2, -0.15) is 30.0 Å². The van der Waals surface area contributed by atoms with Crippen LogP contribution in [0.4, 0.5) is 0 Å². The number of benzene rings is 1. The van der Waals surface area contributed by atoms with Gasteiger partial charge in [0.25, 0.3) is 5.95 Å². The summed E-state index contributed by atoms with van der Waals surface area (Å²) in [5.74, 6) is 0.490. The zero-order valence-electron chi connectivity index (χ0n) is 10.4. The Bertz CT molecular complexity index is 813. The highest BCUT2D eigenvalue weighted by Crippen LogP contribution is 2.23. The highest BCUT2D eigenvalue weighted by molar-refractivity contribution is 6.28. The van der Waals surface area contributed by atoms with Crippen LogP contribution >= 0.6 is 11.6 Å². The van der Waals surface area contributed by atoms with E-state index in [9.17, 15) is 0 Å². The molecule has 0 amide bonds. The Kier molecular flexibility index (Phi) is 3.41. The summed E-state index contributed by atoms with van der Waals surface area (Å²) < 4.78 is 6.81. The van der Waals surface area contributed by atoms with E-state index in [2.05, 4.69) is 25.0 Å². The van der Waals surface area contributed by atoms with Crippen LogP contribution in [0, 0.1) is 11.3 Å². The van der Waals surface area contributed by atoms with Gasteiger partial charge in [0.2, 0.25) is 5.28 Å². The number of ether oxygens (including phenoxy) is 1. The van der Waals surface area contributed by atoms with E-state index in [1.165, 1.54) is 17.3 Å². The third-order valence-corrected chi connectivity index (χ3v) is 2.58. The lowest BCUT2D eigenvalue weighted by molar-refractivity contribution is 0.436. The van der Waals surface area contributed by atoms with Crippen molar-refractivity contribution in [2.75, 3.05) is 0 Å². The minimum atomic E-state index is -0.0556. The van der Waals surface area contributed by atoms with Gasteiger partial charge in [-0.05, 0) is 23.7 Å². The molecule has 0 fully saturated rings. The van der Waals surface area contributed by atoms with Crippen molar-refractivity contribution in [2.45, 2.75) is 0 Å². The van der Waals surface area contributed by atoms with Crippen molar-refractivity contribution in [1.82, 2.24) is 29.7 Å². The highest BCUT2D eigenvalue weighted by Gasteiger charge is 2.11. The van der Waals surface area contributed by atoms with E-state index in [1.54, 1.807) is 24.3 Å². The summed E-state index contributed by atoms with van der Waals surface area (Å²) in [7, 11) is 0. The number of hydrogen-bond acceptors (Lipinski definition) is 7. The Labute approximate surface area is 123 Å². The number of rotatable bonds is 3. The molecular weight excluding hydrogens is 294 g/mol. The first-order valence-electron chi connectivity index (χ1n) is 5.70. The summed E-state index contributed by atoms with van der Waals surface area (Å²) in [5.41, 5.74) is 0.358. The second kappa shape index (κ2) is 5.52. The molecule has 0 saturated heterocycles. The number of halogens is 1. The average Bonchev–Trinajstić information content (AvgIpc) is 3.01. The third-order valence-electron chi connectivity index (χ3n) is 2.41. The molecule has 0 N–H and O–H groups in total. The summed E-state index contributed by atoms with van der Waals surface area (Å²) in [6.07, 6.45) is 2.75. The molecule has 21 heavy (non-hydrogen) atoms. The number of para-hydroxylation sites is 1. The Morgan fingerprint density at radius 2 is 2.05 bits per heavy atom. The fourth-order valence-corrected chi connectivity index (χ4v) is 1.68. The van der Waals surface area contributed by atoms with E-state index >= 15 is 0 Å². The first kappa shape index (κ1) is 13.0. The summed E-state index contributed by atoms with van der Waals surface area (Å²) >= 11 is 5.84. The minimum Gasteiger partial charge on any atom is -0.423 e. The zero-order chi connectivity index (χ0) is 14.7. The smallest absolute Gasteiger partial charge is 0.328 e. The Morgan fingerprint density at radius 3 is 2.81 bits per heavy atom. The number of hydrogen-bond donors (Lipinski definition) is 0. The van der Waals surface area contributed by atoms with E-state index in [0.29, 0.717) is 11.3 Å². The number of nitriles is 1. The van der Waals surface area contributed by atoms with Crippen molar-refractivity contribution < 1.29 is 4.74 Å². The maximum atomic E-state index is 9.02. The van der Waals surface area contributed by atoms with Gasteiger partial charge < -0.3 is 4.74 Å². The molecule has 0 radical (unpaired) electrons. The Morgan fingerprint density at radius 1 is 1.19 bits per heavy atom. The van der Waals surface area contributed by atoms with Gasteiger partial charge in [0.1, 0.15) is 24.5 Å². The van der Waals surface area contributed by atoms with Gasteiger partial charge in [-0.15, -0.1) is 0 Å². The lowest BCUT2D eigenvalue weighted by Crippen LogP contribution is -2.05. The van der Waals surface area contributed by atoms with Gasteiger partial charge in [-0.1, -0.05) is 12.1 Å². The lowest BCUT2D eigenvalue weighted by Gasteiger charge is -2.06. The maximum absolute atomic E-state index is 9.02. The van der Waals surface area contributed by atoms with Gasteiger partial charge in [-0.25, -0.2) is 4.98 Å². The molecule has 2 heterocycles. The molecule has 0 aliphatic carbocycles. The van der Waals surface area contributed by atoms with Crippen molar-refractivity contribution >= 4 is 11.6 Å². The first-order chi connectivity index (χ1) is 10.3. The summed E-state index contributed by atoms with van der Waals surface area (Å²) in [5, 5.41) is 12.9. The van der Waals surface area contributed by atoms with Gasteiger partial charge >= 0.3 is 6.01 Å². The molecule has 0 unspecified atom stereocenters. The van der Waals surface area contributed by atoms with Crippen molar-refractivity contribution in [2.24, 2.45) is 0 Å². The van der Waals surface area contributed by atoms with E-state index in [1.807, 2.05) is 6.07 Å². The Balaban J connectivity index is 1.98. The molecule has 3 rings (SSSR count). The molecule has 0 aliphatic rings. The van der Waals surface area contributed by atoms with E-state index in [4.69, 9.17) is 21.6 Å². The molecule has 102 valence electrons. The van der Waals surface area contributed by atoms with Crippen LogP contribution in [0.2, 0.25) is 5.28 Å². The molecule has 0 atom stereocenters. The minimum absolute atomic E-state index is 0.0387. The summed E-state index contributed by atoms with van der Waals surface area (Å²) in [4.78, 5) is 15.6. The second-order valence-corrected chi connectivity index (χ2v) is 4.08. The SMILES string of the molecule is N#Cc1ccccc1Oc1nc(Cl)nc(-n2cncn2)n1. The molecule has 0 aliphatic heterocycles. The average molecular weight is 300 g/mol. The van der Waals surface area contributed by atoms with E-state index in [0.717, 1.165) is 0 Å². The molecule has 2 aromatic heterocycles. The standard InChI is InChI=1S/C12H6ClN7O/c13-10-17-11(20-7-15-6-16-20)19-12(18-10)21-9-4-2-1-3-8(9)5-14/h1-4,6-7H. The molecule has 0 saturated carbocycles. The molecule has 3 aromatic rings. The van der Waals surface area contributed by atoms with Crippen LogP contribution < -0.4 is 4.74 Å². The molecular formula is C12H6ClN7O. The van der Waals surface area contributed by atoms with Crippen LogP contribution in [-0.4, -0.2) is 29.7 Å². The van der Waals surface area contributed by atoms with Crippen molar-refractivity contribution in [3.63, 3.8) is 0 Å². The van der Waals surface area contributed by atoms with Gasteiger partial charge in [0.15, 0.2) is 0 Å². The quantitative estimate of drug-likeness (QED) is 0.726. The second-order valence-electron chi connectivity index (χ2n) is 3.74. The molecule has 8 nitrogen and oxygen atoms in total. The van der Waals surface area contributed by atoms with Crippen molar-refractivity contribution in [1.29, 1.82) is 5.26 Å². The highest BCUT2D eigenvalue weighted by atomic mass is 35.5. The predicted molar refractivity (Wildman–Crippen MR) is 71.0 cm³/mol. The van der Waals surface area contributed by atoms with E-state index in [-0.39, 0.29) is 17.2 Å².